The largest absolute Gasteiger partial charge is 0.465 e. The Bertz CT molecular complexity index is 984. The molecule has 0 aliphatic rings. The van der Waals surface area contributed by atoms with Gasteiger partial charge >= 0.3 is 5.97 Å². The first-order valence-corrected chi connectivity index (χ1v) is 9.05. The summed E-state index contributed by atoms with van der Waals surface area (Å²) in [5.74, 6) is 10.8. The lowest BCUT2D eigenvalue weighted by Crippen LogP contribution is -2.09. The highest BCUT2D eigenvalue weighted by Gasteiger charge is 2.03. The van der Waals surface area contributed by atoms with Crippen LogP contribution in [0.4, 0.5) is 5.69 Å². The van der Waals surface area contributed by atoms with Crippen molar-refractivity contribution in [1.82, 2.24) is 0 Å². The van der Waals surface area contributed by atoms with Crippen LogP contribution in [-0.4, -0.2) is 27.8 Å². The van der Waals surface area contributed by atoms with Gasteiger partial charge in [-0.05, 0) is 60.4 Å². The van der Waals surface area contributed by atoms with E-state index in [9.17, 15) is 13.2 Å². The smallest absolute Gasteiger partial charge is 0.337 e. The molecule has 0 saturated heterocycles. The third kappa shape index (κ3) is 6.06. The van der Waals surface area contributed by atoms with Crippen molar-refractivity contribution in [3.8, 4) is 23.7 Å². The lowest BCUT2D eigenvalue weighted by molar-refractivity contribution is 0.0600. The Morgan fingerprint density at radius 1 is 0.920 bits per heavy atom. The third-order valence-electron chi connectivity index (χ3n) is 2.97. The predicted octanol–water partition coefficient (Wildman–Crippen LogP) is 2.25. The van der Waals surface area contributed by atoms with E-state index in [-0.39, 0.29) is 0 Å². The first kappa shape index (κ1) is 18.1. The van der Waals surface area contributed by atoms with Crippen LogP contribution < -0.4 is 4.72 Å². The van der Waals surface area contributed by atoms with E-state index in [0.717, 1.165) is 17.4 Å². The molecule has 6 heteroatoms. The lowest BCUT2D eigenvalue weighted by atomic mass is 10.1. The summed E-state index contributed by atoms with van der Waals surface area (Å²) >= 11 is 0. The van der Waals surface area contributed by atoms with Crippen LogP contribution in [0.15, 0.2) is 48.5 Å². The molecule has 0 atom stereocenters. The van der Waals surface area contributed by atoms with Crippen LogP contribution in [0.25, 0.3) is 0 Å². The Hall–Kier alpha value is -3.22. The summed E-state index contributed by atoms with van der Waals surface area (Å²) in [6.07, 6.45) is 1.09. The maximum Gasteiger partial charge on any atom is 0.337 e. The second-order valence-corrected chi connectivity index (χ2v) is 6.77. The zero-order valence-corrected chi connectivity index (χ0v) is 14.5. The molecule has 2 aromatic carbocycles. The summed E-state index contributed by atoms with van der Waals surface area (Å²) in [6.45, 7) is 0. The van der Waals surface area contributed by atoms with E-state index >= 15 is 0 Å². The van der Waals surface area contributed by atoms with E-state index in [0.29, 0.717) is 11.3 Å². The molecule has 0 bridgehead atoms. The molecule has 1 N–H and O–H groups in total. The Balaban J connectivity index is 2.03. The van der Waals surface area contributed by atoms with Gasteiger partial charge in [0.2, 0.25) is 10.0 Å². The van der Waals surface area contributed by atoms with Crippen LogP contribution in [0, 0.1) is 23.7 Å². The van der Waals surface area contributed by atoms with Gasteiger partial charge in [-0.3, -0.25) is 4.72 Å². The fourth-order valence-corrected chi connectivity index (χ4v) is 2.41. The first-order chi connectivity index (χ1) is 11.9. The van der Waals surface area contributed by atoms with Crippen LogP contribution in [-0.2, 0) is 14.8 Å². The minimum Gasteiger partial charge on any atom is -0.465 e. The van der Waals surface area contributed by atoms with Crippen LogP contribution >= 0.6 is 0 Å². The molecule has 25 heavy (non-hydrogen) atoms. The minimum atomic E-state index is -3.29. The Kier molecular flexibility index (Phi) is 5.84. The van der Waals surface area contributed by atoms with E-state index < -0.39 is 16.0 Å². The van der Waals surface area contributed by atoms with Crippen LogP contribution in [0.3, 0.4) is 0 Å². The molecule has 0 aliphatic heterocycles. The summed E-state index contributed by atoms with van der Waals surface area (Å²) in [7, 11) is -1.96. The number of anilines is 1. The van der Waals surface area contributed by atoms with Gasteiger partial charge < -0.3 is 4.74 Å². The van der Waals surface area contributed by atoms with Gasteiger partial charge in [0.05, 0.1) is 18.9 Å². The number of hydrogen-bond donors (Lipinski definition) is 1. The standard InChI is InChI=1S/C19H15NO4S/c1-24-19(21)17-11-7-15(8-12-17)5-3-4-6-16-9-13-18(14-10-16)20-25(2,22)23/h7-14,20H,1-2H3. The van der Waals surface area contributed by atoms with E-state index in [4.69, 9.17) is 0 Å². The van der Waals surface area contributed by atoms with Gasteiger partial charge in [0, 0.05) is 16.8 Å². The van der Waals surface area contributed by atoms with Crippen molar-refractivity contribution in [3.05, 3.63) is 65.2 Å². The Morgan fingerprint density at radius 2 is 1.40 bits per heavy atom. The molecule has 0 radical (unpaired) electrons. The number of nitrogens with one attached hydrogen (secondary N) is 1. The number of benzene rings is 2. The van der Waals surface area contributed by atoms with Crippen LogP contribution in [0.1, 0.15) is 21.5 Å². The van der Waals surface area contributed by atoms with Crippen molar-refractivity contribution in [2.75, 3.05) is 18.1 Å². The van der Waals surface area contributed by atoms with E-state index in [1.54, 1.807) is 48.5 Å². The number of ether oxygens (including phenoxy) is 1. The van der Waals surface area contributed by atoms with E-state index in [1.807, 2.05) is 0 Å². The molecular weight excluding hydrogens is 338 g/mol. The quantitative estimate of drug-likeness (QED) is 0.679. The van der Waals surface area contributed by atoms with Crippen molar-refractivity contribution in [2.24, 2.45) is 0 Å². The van der Waals surface area contributed by atoms with Gasteiger partial charge in [-0.1, -0.05) is 11.8 Å². The molecule has 0 fully saturated rings. The second kappa shape index (κ2) is 8.05. The number of carbonyl (C=O) groups is 1. The number of esters is 1. The highest BCUT2D eigenvalue weighted by Crippen LogP contribution is 2.10. The van der Waals surface area contributed by atoms with E-state index in [2.05, 4.69) is 33.1 Å². The summed E-state index contributed by atoms with van der Waals surface area (Å²) in [5, 5.41) is 0. The average Bonchev–Trinajstić information content (AvgIpc) is 2.58. The van der Waals surface area contributed by atoms with Crippen LogP contribution in [0.2, 0.25) is 0 Å². The summed E-state index contributed by atoms with van der Waals surface area (Å²) in [5.41, 5.74) is 2.39. The van der Waals surface area contributed by atoms with Crippen molar-refractivity contribution < 1.29 is 17.9 Å². The number of methoxy groups -OCH3 is 1. The number of rotatable bonds is 3. The normalized spacial score (nSPS) is 9.84. The summed E-state index contributed by atoms with van der Waals surface area (Å²) in [4.78, 5) is 11.3. The minimum absolute atomic E-state index is 0.395. The Labute approximate surface area is 147 Å². The number of carbonyl (C=O) groups excluding carboxylic acids is 1. The number of hydrogen-bond acceptors (Lipinski definition) is 4. The van der Waals surface area contributed by atoms with Gasteiger partial charge in [-0.2, -0.15) is 0 Å². The van der Waals surface area contributed by atoms with Crippen molar-refractivity contribution in [1.29, 1.82) is 0 Å². The molecule has 2 aromatic rings. The molecule has 0 amide bonds. The molecule has 0 saturated carbocycles. The highest BCUT2D eigenvalue weighted by molar-refractivity contribution is 7.92. The van der Waals surface area contributed by atoms with Gasteiger partial charge in [-0.15, -0.1) is 0 Å². The fraction of sp³-hybridized carbons (Fsp3) is 0.105. The molecule has 0 spiro atoms. The monoisotopic (exact) mass is 353 g/mol. The average molecular weight is 353 g/mol. The molecule has 0 heterocycles. The second-order valence-electron chi connectivity index (χ2n) is 5.02. The molecule has 0 aliphatic carbocycles. The first-order valence-electron chi connectivity index (χ1n) is 7.15. The summed E-state index contributed by atoms with van der Waals surface area (Å²) in [6, 6.07) is 13.4. The zero-order valence-electron chi connectivity index (χ0n) is 13.7. The van der Waals surface area contributed by atoms with Gasteiger partial charge in [0.25, 0.3) is 0 Å². The van der Waals surface area contributed by atoms with Gasteiger partial charge in [0.1, 0.15) is 0 Å². The molecule has 0 unspecified atom stereocenters. The lowest BCUT2D eigenvalue weighted by Gasteiger charge is -2.02. The fourth-order valence-electron chi connectivity index (χ4n) is 1.85. The van der Waals surface area contributed by atoms with Crippen molar-refractivity contribution in [3.63, 3.8) is 0 Å². The highest BCUT2D eigenvalue weighted by atomic mass is 32.2. The van der Waals surface area contributed by atoms with E-state index in [1.165, 1.54) is 7.11 Å². The summed E-state index contributed by atoms with van der Waals surface area (Å²) < 4.78 is 29.2. The molecular formula is C19H15NO4S. The molecule has 5 nitrogen and oxygen atoms in total. The number of sulfonamides is 1. The molecule has 2 rings (SSSR count). The zero-order chi connectivity index (χ0) is 18.3. The maximum atomic E-state index is 11.3. The van der Waals surface area contributed by atoms with Gasteiger partial charge in [-0.25, -0.2) is 13.2 Å². The topological polar surface area (TPSA) is 72.5 Å². The van der Waals surface area contributed by atoms with Crippen molar-refractivity contribution >= 4 is 21.7 Å². The van der Waals surface area contributed by atoms with Crippen molar-refractivity contribution in [2.45, 2.75) is 0 Å². The van der Waals surface area contributed by atoms with Crippen LogP contribution in [0.5, 0.6) is 0 Å². The molecule has 126 valence electrons. The Morgan fingerprint density at radius 3 is 1.84 bits per heavy atom. The van der Waals surface area contributed by atoms with Gasteiger partial charge in [0.15, 0.2) is 0 Å². The predicted molar refractivity (Wildman–Crippen MR) is 96.4 cm³/mol. The molecule has 0 aromatic heterocycles. The SMILES string of the molecule is COC(=O)c1ccc(C#CC#Cc2ccc(NS(C)(=O)=O)cc2)cc1. The third-order valence-corrected chi connectivity index (χ3v) is 3.58. The maximum absolute atomic E-state index is 11.3.